The molecule has 0 bridgehead atoms. The van der Waals surface area contributed by atoms with Gasteiger partial charge < -0.3 is 14.8 Å². The maximum absolute atomic E-state index is 13.7. The van der Waals surface area contributed by atoms with Crippen LogP contribution in [0.25, 0.3) is 11.0 Å². The smallest absolute Gasteiger partial charge is 0.253 e. The van der Waals surface area contributed by atoms with Crippen molar-refractivity contribution in [3.05, 3.63) is 29.6 Å². The maximum atomic E-state index is 13.7. The zero-order valence-corrected chi connectivity index (χ0v) is 22.4. The number of hydrogen-bond donors (Lipinski definition) is 1. The van der Waals surface area contributed by atoms with Crippen molar-refractivity contribution in [2.75, 3.05) is 19.6 Å². The summed E-state index contributed by atoms with van der Waals surface area (Å²) in [6, 6.07) is 5.69. The van der Waals surface area contributed by atoms with Crippen molar-refractivity contribution in [3.63, 3.8) is 0 Å². The van der Waals surface area contributed by atoms with Crippen LogP contribution >= 0.6 is 0 Å². The molecule has 3 fully saturated rings. The van der Waals surface area contributed by atoms with Crippen molar-refractivity contribution in [2.24, 2.45) is 17.8 Å². The van der Waals surface area contributed by atoms with Crippen LogP contribution in [0.3, 0.4) is 0 Å². The molecule has 0 unspecified atom stereocenters. The van der Waals surface area contributed by atoms with E-state index >= 15 is 0 Å². The Kier molecular flexibility index (Phi) is 7.05. The Hall–Kier alpha value is -2.51. The summed E-state index contributed by atoms with van der Waals surface area (Å²) < 4.78 is 29.6. The van der Waals surface area contributed by atoms with Gasteiger partial charge in [0.25, 0.3) is 5.91 Å². The third-order valence-corrected chi connectivity index (χ3v) is 8.36. The van der Waals surface area contributed by atoms with Gasteiger partial charge in [0, 0.05) is 55.9 Å². The number of piperidine rings is 1. The van der Waals surface area contributed by atoms with Crippen LogP contribution in [0.1, 0.15) is 88.3 Å². The molecule has 2 aliphatic carbocycles. The van der Waals surface area contributed by atoms with Crippen molar-refractivity contribution in [1.29, 1.82) is 0 Å². The van der Waals surface area contributed by atoms with Gasteiger partial charge in [-0.25, -0.2) is 13.8 Å². The molecule has 1 saturated heterocycles. The second kappa shape index (κ2) is 9.99. The Morgan fingerprint density at radius 3 is 2.32 bits per heavy atom. The maximum Gasteiger partial charge on any atom is 0.253 e. The van der Waals surface area contributed by atoms with E-state index in [4.69, 9.17) is 4.98 Å². The minimum atomic E-state index is -2.54. The molecular weight excluding hydrogens is 474 g/mol. The Morgan fingerprint density at radius 1 is 1.03 bits per heavy atom. The quantitative estimate of drug-likeness (QED) is 0.551. The van der Waals surface area contributed by atoms with Crippen LogP contribution in [-0.4, -0.2) is 51.8 Å². The largest absolute Gasteiger partial charge is 0.356 e. The first-order valence-corrected chi connectivity index (χ1v) is 14.0. The van der Waals surface area contributed by atoms with E-state index < -0.39 is 5.92 Å². The van der Waals surface area contributed by atoms with Crippen LogP contribution in [-0.2, 0) is 16.8 Å². The van der Waals surface area contributed by atoms with Gasteiger partial charge in [-0.3, -0.25) is 9.59 Å². The summed E-state index contributed by atoms with van der Waals surface area (Å²) in [5, 5.41) is 3.07. The first-order chi connectivity index (χ1) is 17.5. The third-order valence-electron chi connectivity index (χ3n) is 8.36. The second-order valence-electron chi connectivity index (χ2n) is 12.6. The molecular formula is C29H40F2N4O2. The van der Waals surface area contributed by atoms with Crippen LogP contribution in [0.5, 0.6) is 0 Å². The highest BCUT2D eigenvalue weighted by Gasteiger charge is 2.36. The molecule has 202 valence electrons. The summed E-state index contributed by atoms with van der Waals surface area (Å²) in [5.41, 5.74) is 2.10. The van der Waals surface area contributed by atoms with E-state index in [0.717, 1.165) is 23.4 Å². The molecule has 2 amide bonds. The Bertz CT molecular complexity index is 1150. The number of carbonyl (C=O) groups is 2. The molecule has 2 saturated carbocycles. The average molecular weight is 515 g/mol. The van der Waals surface area contributed by atoms with Crippen LogP contribution in [0.15, 0.2) is 18.2 Å². The van der Waals surface area contributed by atoms with Crippen molar-refractivity contribution in [3.8, 4) is 0 Å². The van der Waals surface area contributed by atoms with Gasteiger partial charge in [-0.1, -0.05) is 20.8 Å². The van der Waals surface area contributed by atoms with E-state index in [0.29, 0.717) is 56.8 Å². The molecule has 5 rings (SSSR count). The molecule has 3 aliphatic rings. The number of nitrogens with zero attached hydrogens (tertiary/aromatic N) is 3. The van der Waals surface area contributed by atoms with Crippen molar-refractivity contribution in [2.45, 2.75) is 90.0 Å². The normalized spacial score (nSPS) is 21.4. The number of benzene rings is 1. The highest BCUT2D eigenvalue weighted by atomic mass is 19.3. The number of rotatable bonds is 6. The topological polar surface area (TPSA) is 67.2 Å². The predicted octanol–water partition coefficient (Wildman–Crippen LogP) is 5.54. The van der Waals surface area contributed by atoms with E-state index in [9.17, 15) is 18.4 Å². The highest BCUT2D eigenvalue weighted by Crippen LogP contribution is 2.38. The summed E-state index contributed by atoms with van der Waals surface area (Å²) in [4.78, 5) is 32.6. The van der Waals surface area contributed by atoms with Crippen LogP contribution in [0.2, 0.25) is 0 Å². The number of amides is 2. The molecule has 1 N–H and O–H groups in total. The number of alkyl halides is 2. The number of likely N-dealkylation sites (tertiary alicyclic amines) is 1. The zero-order valence-electron chi connectivity index (χ0n) is 22.4. The third kappa shape index (κ3) is 5.99. The number of aromatic nitrogens is 2. The number of halogens is 2. The Morgan fingerprint density at radius 2 is 1.70 bits per heavy atom. The Balaban J connectivity index is 1.28. The number of hydrogen-bond acceptors (Lipinski definition) is 3. The SMILES string of the molecule is CC(C)(C)c1nc2cc(C(=O)N3CCC(C(=O)NCC4CC4)CC3)ccc2n1CC1CCC(F)(F)CC1. The molecule has 0 radical (unpaired) electrons. The second-order valence-corrected chi connectivity index (χ2v) is 12.6. The zero-order chi connectivity index (χ0) is 26.4. The summed E-state index contributed by atoms with van der Waals surface area (Å²) >= 11 is 0. The molecule has 2 aromatic rings. The fourth-order valence-electron chi connectivity index (χ4n) is 5.80. The van der Waals surface area contributed by atoms with E-state index in [1.165, 1.54) is 12.8 Å². The first kappa shape index (κ1) is 26.1. The van der Waals surface area contributed by atoms with E-state index in [-0.39, 0.29) is 41.9 Å². The van der Waals surface area contributed by atoms with Crippen molar-refractivity contribution < 1.29 is 18.4 Å². The molecule has 0 spiro atoms. The number of fused-ring (bicyclic) bond motifs is 1. The molecule has 37 heavy (non-hydrogen) atoms. The lowest BCUT2D eigenvalue weighted by Gasteiger charge is -2.31. The van der Waals surface area contributed by atoms with Gasteiger partial charge in [-0.15, -0.1) is 0 Å². The van der Waals surface area contributed by atoms with Gasteiger partial charge in [-0.05, 0) is 68.6 Å². The minimum Gasteiger partial charge on any atom is -0.356 e. The molecule has 1 aromatic carbocycles. The highest BCUT2D eigenvalue weighted by molar-refractivity contribution is 5.97. The fraction of sp³-hybridized carbons (Fsp3) is 0.690. The predicted molar refractivity (Wildman–Crippen MR) is 140 cm³/mol. The van der Waals surface area contributed by atoms with Gasteiger partial charge in [0.1, 0.15) is 5.82 Å². The van der Waals surface area contributed by atoms with Crippen LogP contribution in [0, 0.1) is 17.8 Å². The monoisotopic (exact) mass is 514 g/mol. The van der Waals surface area contributed by atoms with E-state index in [1.807, 2.05) is 23.1 Å². The minimum absolute atomic E-state index is 0.0185. The van der Waals surface area contributed by atoms with Crippen LogP contribution < -0.4 is 5.32 Å². The standard InChI is InChI=1S/C29H40F2N4O2/c1-28(2,3)27-33-23-16-22(6-7-24(23)35(27)18-20-8-12-29(30,31)13-9-20)26(37)34-14-10-21(11-15-34)25(36)32-17-19-4-5-19/h6-7,16,19-21H,4-5,8-15,17-18H2,1-3H3,(H,32,36). The summed E-state index contributed by atoms with van der Waals surface area (Å²) in [6.07, 6.45) is 4.74. The molecule has 1 aliphatic heterocycles. The van der Waals surface area contributed by atoms with Gasteiger partial charge in [0.2, 0.25) is 11.8 Å². The molecule has 8 heteroatoms. The van der Waals surface area contributed by atoms with Gasteiger partial charge in [0.05, 0.1) is 11.0 Å². The summed E-state index contributed by atoms with van der Waals surface area (Å²) in [5.74, 6) is -0.678. The number of carbonyl (C=O) groups excluding carboxylic acids is 2. The molecule has 0 atom stereocenters. The lowest BCUT2D eigenvalue weighted by atomic mass is 9.86. The lowest BCUT2D eigenvalue weighted by Crippen LogP contribution is -2.43. The van der Waals surface area contributed by atoms with Gasteiger partial charge >= 0.3 is 0 Å². The number of nitrogens with one attached hydrogen (secondary N) is 1. The molecule has 1 aromatic heterocycles. The van der Waals surface area contributed by atoms with Gasteiger partial charge in [-0.2, -0.15) is 0 Å². The molecule has 2 heterocycles. The summed E-state index contributed by atoms with van der Waals surface area (Å²) in [6.45, 7) is 8.93. The van der Waals surface area contributed by atoms with Gasteiger partial charge in [0.15, 0.2) is 0 Å². The number of imidazole rings is 1. The van der Waals surface area contributed by atoms with E-state index in [1.54, 1.807) is 0 Å². The van der Waals surface area contributed by atoms with Crippen LogP contribution in [0.4, 0.5) is 8.78 Å². The fourth-order valence-corrected chi connectivity index (χ4v) is 5.80. The molecule has 6 nitrogen and oxygen atoms in total. The Labute approximate surface area is 218 Å². The summed E-state index contributed by atoms with van der Waals surface area (Å²) in [7, 11) is 0. The first-order valence-electron chi connectivity index (χ1n) is 14.0. The average Bonchev–Trinajstić information content (AvgIpc) is 3.62. The van der Waals surface area contributed by atoms with Crippen molar-refractivity contribution in [1.82, 2.24) is 19.8 Å². The van der Waals surface area contributed by atoms with E-state index in [2.05, 4.69) is 30.7 Å². The van der Waals surface area contributed by atoms with Crippen molar-refractivity contribution >= 4 is 22.8 Å². The lowest BCUT2D eigenvalue weighted by molar-refractivity contribution is -0.126.